The Morgan fingerprint density at radius 1 is 1.22 bits per heavy atom. The van der Waals surface area contributed by atoms with Gasteiger partial charge in [-0.3, -0.25) is 0 Å². The molecule has 3 heterocycles. The third kappa shape index (κ3) is 3.55. The van der Waals surface area contributed by atoms with Crippen molar-refractivity contribution < 1.29 is 21.3 Å². The lowest BCUT2D eigenvalue weighted by Gasteiger charge is -2.36. The fourth-order valence-electron chi connectivity index (χ4n) is 3.08. The lowest BCUT2D eigenvalue weighted by Crippen LogP contribution is -2.47. The number of hydrogen-bond donors (Lipinski definition) is 4. The second-order valence-electron chi connectivity index (χ2n) is 6.44. The van der Waals surface area contributed by atoms with Gasteiger partial charge in [0, 0.05) is 36.1 Å². The third-order valence-corrected chi connectivity index (χ3v) is 5.94. The monoisotopic (exact) mass is 411 g/mol. The van der Waals surface area contributed by atoms with Crippen LogP contribution < -0.4 is 10.0 Å². The Labute approximate surface area is 156 Å². The Kier molecular flexibility index (Phi) is 4.40. The molecule has 0 bridgehead atoms. The lowest BCUT2D eigenvalue weighted by atomic mass is 9.87. The van der Waals surface area contributed by atoms with Gasteiger partial charge in [-0.15, -0.1) is 0 Å². The van der Waals surface area contributed by atoms with Gasteiger partial charge in [0.2, 0.25) is 31.7 Å². The highest BCUT2D eigenvalue weighted by atomic mass is 32.2. The molecule has 0 aliphatic heterocycles. The number of rotatable bonds is 6. The van der Waals surface area contributed by atoms with Crippen molar-refractivity contribution in [3.05, 3.63) is 24.7 Å². The molecule has 4 rings (SSSR count). The molecule has 3 aromatic heterocycles. The molecule has 27 heavy (non-hydrogen) atoms. The average molecular weight is 411 g/mol. The highest BCUT2D eigenvalue weighted by Crippen LogP contribution is 2.36. The third-order valence-electron chi connectivity index (χ3n) is 4.44. The van der Waals surface area contributed by atoms with Gasteiger partial charge in [-0.05, 0) is 18.9 Å². The van der Waals surface area contributed by atoms with Gasteiger partial charge in [-0.25, -0.2) is 31.5 Å². The molecule has 144 valence electrons. The van der Waals surface area contributed by atoms with Gasteiger partial charge in [0.15, 0.2) is 0 Å². The van der Waals surface area contributed by atoms with E-state index in [0.717, 1.165) is 11.6 Å². The average Bonchev–Trinajstić information content (AvgIpc) is 3.21. The largest absolute Gasteiger partial charge is 0.425 e. The Bertz CT molecular complexity index is 1170. The van der Waals surface area contributed by atoms with Gasteiger partial charge in [-0.1, -0.05) is 0 Å². The van der Waals surface area contributed by atoms with E-state index in [4.69, 9.17) is 4.42 Å². The summed E-state index contributed by atoms with van der Waals surface area (Å²) in [6.07, 6.45) is 6.80. The number of aromatic amines is 1. The molecule has 1 aliphatic carbocycles. The molecule has 3 N–H and O–H groups in total. The van der Waals surface area contributed by atoms with Crippen molar-refractivity contribution in [3.63, 3.8) is 0 Å². The van der Waals surface area contributed by atoms with Crippen LogP contribution in [-0.4, -0.2) is 50.1 Å². The standard InChI is InChI=1S/C15H17N5O5S2/c1-27(23,24)12-7-18-15(25-12)11-6-17-14-10(2-3-16-14)13(11)19-8-4-9(5-8)20-26(21)22/h2-3,6-9,26H,4-5H2,1H3,(H2,16,17,19)(H,20,21,22)/t8-,9+. The van der Waals surface area contributed by atoms with E-state index in [1.165, 1.54) is 6.20 Å². The summed E-state index contributed by atoms with van der Waals surface area (Å²) >= 11 is 0. The van der Waals surface area contributed by atoms with Crippen LogP contribution in [0.5, 0.6) is 0 Å². The van der Waals surface area contributed by atoms with E-state index in [0.29, 0.717) is 29.7 Å². The summed E-state index contributed by atoms with van der Waals surface area (Å²) in [5.74, 6) is 0.144. The summed E-state index contributed by atoms with van der Waals surface area (Å²) in [6.45, 7) is 0. The zero-order chi connectivity index (χ0) is 19.2. The van der Waals surface area contributed by atoms with Gasteiger partial charge in [0.05, 0.1) is 17.4 Å². The number of aromatic nitrogens is 3. The predicted octanol–water partition coefficient (Wildman–Crippen LogP) is 0.680. The summed E-state index contributed by atoms with van der Waals surface area (Å²) in [5, 5.41) is 3.97. The van der Waals surface area contributed by atoms with E-state index < -0.39 is 20.7 Å². The molecule has 1 fully saturated rings. The molecule has 0 radical (unpaired) electrons. The number of nitrogens with one attached hydrogen (secondary N) is 3. The first kappa shape index (κ1) is 17.9. The highest BCUT2D eigenvalue weighted by Gasteiger charge is 2.31. The van der Waals surface area contributed by atoms with E-state index in [-0.39, 0.29) is 23.1 Å². The van der Waals surface area contributed by atoms with Crippen LogP contribution in [-0.2, 0) is 20.7 Å². The van der Waals surface area contributed by atoms with Crippen molar-refractivity contribution >= 4 is 37.4 Å². The summed E-state index contributed by atoms with van der Waals surface area (Å²) in [7, 11) is -6.13. The molecule has 1 saturated carbocycles. The molecule has 0 spiro atoms. The Hall–Kier alpha value is -2.44. The molecule has 0 amide bonds. The molecule has 0 saturated heterocycles. The zero-order valence-electron chi connectivity index (χ0n) is 14.2. The van der Waals surface area contributed by atoms with E-state index in [1.54, 1.807) is 12.4 Å². The van der Waals surface area contributed by atoms with E-state index in [1.807, 2.05) is 6.07 Å². The second-order valence-corrected chi connectivity index (χ2v) is 9.16. The van der Waals surface area contributed by atoms with Crippen molar-refractivity contribution in [1.29, 1.82) is 0 Å². The summed E-state index contributed by atoms with van der Waals surface area (Å²) in [5.41, 5.74) is 1.90. The maximum atomic E-state index is 11.7. The number of sulfone groups is 1. The summed E-state index contributed by atoms with van der Waals surface area (Å²) < 4.78 is 52.8. The molecule has 0 aromatic carbocycles. The van der Waals surface area contributed by atoms with Crippen LogP contribution in [0.2, 0.25) is 0 Å². The van der Waals surface area contributed by atoms with Crippen LogP contribution in [0.25, 0.3) is 22.5 Å². The molecular weight excluding hydrogens is 394 g/mol. The number of nitrogens with zero attached hydrogens (tertiary/aromatic N) is 2. The summed E-state index contributed by atoms with van der Waals surface area (Å²) in [4.78, 5) is 11.4. The molecule has 1 aliphatic rings. The SMILES string of the molecule is CS(=O)(=O)c1cnc(-c2cnc3[nH]ccc3c2N[C@H]2C[C@@H](N[SH](=O)=O)C2)o1. The minimum absolute atomic E-state index is 0.0565. The fourth-order valence-corrected chi connectivity index (χ4v) is 4.06. The predicted molar refractivity (Wildman–Crippen MR) is 98.6 cm³/mol. The minimum atomic E-state index is -3.51. The normalized spacial score (nSPS) is 20.1. The van der Waals surface area contributed by atoms with Gasteiger partial charge in [-0.2, -0.15) is 0 Å². The minimum Gasteiger partial charge on any atom is -0.425 e. The first-order chi connectivity index (χ1) is 12.8. The van der Waals surface area contributed by atoms with E-state index in [2.05, 4.69) is 25.0 Å². The van der Waals surface area contributed by atoms with Crippen LogP contribution in [0.3, 0.4) is 0 Å². The van der Waals surface area contributed by atoms with Gasteiger partial charge in [0.1, 0.15) is 5.65 Å². The molecule has 0 atom stereocenters. The first-order valence-corrected chi connectivity index (χ1v) is 11.2. The van der Waals surface area contributed by atoms with Crippen molar-refractivity contribution in [2.75, 3.05) is 11.6 Å². The highest BCUT2D eigenvalue weighted by molar-refractivity contribution is 7.90. The number of oxazole rings is 1. The summed E-state index contributed by atoms with van der Waals surface area (Å²) in [6, 6.07) is 1.81. The van der Waals surface area contributed by atoms with Gasteiger partial charge in [0.25, 0.3) is 0 Å². The van der Waals surface area contributed by atoms with E-state index >= 15 is 0 Å². The topological polar surface area (TPSA) is 147 Å². The van der Waals surface area contributed by atoms with Crippen LogP contribution in [0, 0.1) is 0 Å². The van der Waals surface area contributed by atoms with Crippen LogP contribution in [0.1, 0.15) is 12.8 Å². The quantitative estimate of drug-likeness (QED) is 0.433. The number of hydrogen-bond acceptors (Lipinski definition) is 8. The van der Waals surface area contributed by atoms with Crippen LogP contribution in [0.15, 0.2) is 34.2 Å². The number of H-pyrrole nitrogens is 1. The van der Waals surface area contributed by atoms with Gasteiger partial charge < -0.3 is 14.7 Å². The van der Waals surface area contributed by atoms with Crippen LogP contribution in [0.4, 0.5) is 5.69 Å². The van der Waals surface area contributed by atoms with Gasteiger partial charge >= 0.3 is 0 Å². The Morgan fingerprint density at radius 3 is 2.67 bits per heavy atom. The number of anilines is 1. The Balaban J connectivity index is 1.68. The fraction of sp³-hybridized carbons (Fsp3) is 0.333. The van der Waals surface area contributed by atoms with E-state index in [9.17, 15) is 16.8 Å². The first-order valence-electron chi connectivity index (χ1n) is 8.10. The number of thiol groups is 1. The van der Waals surface area contributed by atoms with Crippen LogP contribution >= 0.6 is 0 Å². The maximum Gasteiger partial charge on any atom is 0.238 e. The van der Waals surface area contributed by atoms with Crippen molar-refractivity contribution in [2.24, 2.45) is 0 Å². The molecule has 0 unspecified atom stereocenters. The smallest absolute Gasteiger partial charge is 0.238 e. The number of fused-ring (bicyclic) bond motifs is 1. The zero-order valence-corrected chi connectivity index (χ0v) is 15.9. The maximum absolute atomic E-state index is 11.7. The lowest BCUT2D eigenvalue weighted by molar-refractivity contribution is 0.349. The Morgan fingerprint density at radius 2 is 2.00 bits per heavy atom. The number of pyridine rings is 1. The molecule has 12 heteroatoms. The molecule has 10 nitrogen and oxygen atoms in total. The molecular formula is C15H17N5O5S2. The van der Waals surface area contributed by atoms with Crippen molar-refractivity contribution in [1.82, 2.24) is 19.7 Å². The second kappa shape index (κ2) is 6.62. The van der Waals surface area contributed by atoms with Crippen molar-refractivity contribution in [2.45, 2.75) is 30.0 Å². The molecule has 3 aromatic rings. The van der Waals surface area contributed by atoms with Crippen molar-refractivity contribution in [3.8, 4) is 11.5 Å².